The maximum atomic E-state index is 11.9. The molecule has 0 bridgehead atoms. The Balaban J connectivity index is 1.78. The summed E-state index contributed by atoms with van der Waals surface area (Å²) >= 11 is 0. The number of benzene rings is 1. The number of carbonyl (C=O) groups excluding carboxylic acids is 1. The van der Waals surface area contributed by atoms with Crippen molar-refractivity contribution in [3.05, 3.63) is 35.4 Å². The molecule has 0 heterocycles. The van der Waals surface area contributed by atoms with Crippen LogP contribution in [0.5, 0.6) is 0 Å². The van der Waals surface area contributed by atoms with Gasteiger partial charge in [-0.1, -0.05) is 45.0 Å². The Morgan fingerprint density at radius 1 is 1.17 bits per heavy atom. The number of rotatable bonds is 4. The Morgan fingerprint density at radius 2 is 1.75 bits per heavy atom. The molecule has 0 aliphatic heterocycles. The monoisotopic (exact) mass is 334 g/mol. The number of amides is 2. The fourth-order valence-electron chi connectivity index (χ4n) is 2.97. The highest BCUT2D eigenvalue weighted by Crippen LogP contribution is 2.24. The third-order valence-electron chi connectivity index (χ3n) is 4.65. The molecule has 1 fully saturated rings. The van der Waals surface area contributed by atoms with Gasteiger partial charge >= 0.3 is 6.03 Å². The summed E-state index contributed by atoms with van der Waals surface area (Å²) in [6.45, 7) is 6.62. The summed E-state index contributed by atoms with van der Waals surface area (Å²) in [7, 11) is 0. The van der Waals surface area contributed by atoms with E-state index in [-0.39, 0.29) is 30.1 Å². The highest BCUT2D eigenvalue weighted by atomic mass is 16.3. The molecule has 2 rings (SSSR count). The fourth-order valence-corrected chi connectivity index (χ4v) is 2.97. The van der Waals surface area contributed by atoms with E-state index in [1.54, 1.807) is 0 Å². The van der Waals surface area contributed by atoms with Crippen LogP contribution in [0.1, 0.15) is 63.7 Å². The molecule has 1 unspecified atom stereocenters. The predicted molar refractivity (Wildman–Crippen MR) is 94.9 cm³/mol. The molecule has 1 aliphatic carbocycles. The zero-order valence-electron chi connectivity index (χ0n) is 14.9. The molecule has 4 N–H and O–H groups in total. The topological polar surface area (TPSA) is 81.6 Å². The van der Waals surface area contributed by atoms with Gasteiger partial charge in [0.15, 0.2) is 0 Å². The molecule has 0 spiro atoms. The first kappa shape index (κ1) is 18.7. The molecule has 1 aromatic rings. The maximum absolute atomic E-state index is 11.9. The highest BCUT2D eigenvalue weighted by molar-refractivity contribution is 5.74. The van der Waals surface area contributed by atoms with Crippen LogP contribution in [0, 0.1) is 0 Å². The SMILES string of the molecule is CC(C)(C)c1ccc(C(O)CNC(=O)NC2CCC(O)CC2)cc1. The van der Waals surface area contributed by atoms with E-state index in [4.69, 9.17) is 0 Å². The van der Waals surface area contributed by atoms with E-state index in [0.29, 0.717) is 0 Å². The van der Waals surface area contributed by atoms with Gasteiger partial charge in [-0.15, -0.1) is 0 Å². The largest absolute Gasteiger partial charge is 0.393 e. The predicted octanol–water partition coefficient (Wildman–Crippen LogP) is 2.62. The van der Waals surface area contributed by atoms with Gasteiger partial charge in [-0.25, -0.2) is 4.79 Å². The molecular weight excluding hydrogens is 304 g/mol. The van der Waals surface area contributed by atoms with Crippen molar-refractivity contribution in [2.24, 2.45) is 0 Å². The minimum Gasteiger partial charge on any atom is -0.393 e. The Hall–Kier alpha value is -1.59. The standard InChI is InChI=1S/C19H30N2O3/c1-19(2,3)14-6-4-13(5-7-14)17(23)12-20-18(24)21-15-8-10-16(22)11-9-15/h4-7,15-17,22-23H,8-12H2,1-3H3,(H2,20,21,24). The molecule has 134 valence electrons. The third kappa shape index (κ3) is 5.49. The second-order valence-corrected chi connectivity index (χ2v) is 7.75. The van der Waals surface area contributed by atoms with Gasteiger partial charge in [0.25, 0.3) is 0 Å². The molecule has 1 saturated carbocycles. The van der Waals surface area contributed by atoms with Crippen LogP contribution in [0.25, 0.3) is 0 Å². The number of aliphatic hydroxyl groups excluding tert-OH is 2. The van der Waals surface area contributed by atoms with Crippen molar-refractivity contribution < 1.29 is 15.0 Å². The van der Waals surface area contributed by atoms with Crippen molar-refractivity contribution in [3.8, 4) is 0 Å². The molecule has 1 aliphatic rings. The van der Waals surface area contributed by atoms with E-state index in [0.717, 1.165) is 31.2 Å². The lowest BCUT2D eigenvalue weighted by atomic mass is 9.86. The van der Waals surface area contributed by atoms with E-state index < -0.39 is 6.10 Å². The molecule has 5 nitrogen and oxygen atoms in total. The van der Waals surface area contributed by atoms with Crippen LogP contribution in [0.3, 0.4) is 0 Å². The minimum atomic E-state index is -0.724. The normalized spacial score (nSPS) is 22.7. The average Bonchev–Trinajstić information content (AvgIpc) is 2.54. The van der Waals surface area contributed by atoms with Crippen molar-refractivity contribution in [1.29, 1.82) is 0 Å². The lowest BCUT2D eigenvalue weighted by Crippen LogP contribution is -2.45. The molecule has 1 aromatic carbocycles. The summed E-state index contributed by atoms with van der Waals surface area (Å²) < 4.78 is 0. The number of aliphatic hydroxyl groups is 2. The fraction of sp³-hybridized carbons (Fsp3) is 0.632. The Labute approximate surface area is 144 Å². The van der Waals surface area contributed by atoms with Crippen molar-refractivity contribution >= 4 is 6.03 Å². The van der Waals surface area contributed by atoms with Crippen LogP contribution in [-0.2, 0) is 5.41 Å². The van der Waals surface area contributed by atoms with Crippen molar-refractivity contribution in [2.75, 3.05) is 6.54 Å². The summed E-state index contributed by atoms with van der Waals surface area (Å²) in [5, 5.41) is 25.3. The van der Waals surface area contributed by atoms with Crippen LogP contribution in [0.15, 0.2) is 24.3 Å². The maximum Gasteiger partial charge on any atom is 0.315 e. The Bertz CT molecular complexity index is 529. The number of carbonyl (C=O) groups is 1. The first-order valence-electron chi connectivity index (χ1n) is 8.76. The second kappa shape index (κ2) is 7.99. The number of nitrogens with one attached hydrogen (secondary N) is 2. The summed E-state index contributed by atoms with van der Waals surface area (Å²) in [5.41, 5.74) is 2.09. The number of hydrogen-bond donors (Lipinski definition) is 4. The van der Waals surface area contributed by atoms with Gasteiger partial charge in [0.1, 0.15) is 0 Å². The summed E-state index contributed by atoms with van der Waals surface area (Å²) in [6.07, 6.45) is 2.10. The van der Waals surface area contributed by atoms with E-state index in [9.17, 15) is 15.0 Å². The van der Waals surface area contributed by atoms with Crippen LogP contribution < -0.4 is 10.6 Å². The molecule has 0 aromatic heterocycles. The van der Waals surface area contributed by atoms with Crippen LogP contribution in [-0.4, -0.2) is 34.9 Å². The Kier molecular flexibility index (Phi) is 6.24. The molecule has 5 heteroatoms. The van der Waals surface area contributed by atoms with Crippen LogP contribution in [0.2, 0.25) is 0 Å². The lowest BCUT2D eigenvalue weighted by Gasteiger charge is -2.26. The van der Waals surface area contributed by atoms with E-state index >= 15 is 0 Å². The third-order valence-corrected chi connectivity index (χ3v) is 4.65. The van der Waals surface area contributed by atoms with Crippen molar-refractivity contribution in [2.45, 2.75) is 70.1 Å². The van der Waals surface area contributed by atoms with Crippen molar-refractivity contribution in [1.82, 2.24) is 10.6 Å². The zero-order valence-corrected chi connectivity index (χ0v) is 14.9. The van der Waals surface area contributed by atoms with Gasteiger partial charge in [0.05, 0.1) is 12.2 Å². The van der Waals surface area contributed by atoms with Gasteiger partial charge in [-0.2, -0.15) is 0 Å². The summed E-state index contributed by atoms with van der Waals surface area (Å²) in [4.78, 5) is 11.9. The van der Waals surface area contributed by atoms with Gasteiger partial charge in [-0.3, -0.25) is 0 Å². The van der Waals surface area contributed by atoms with Crippen LogP contribution >= 0.6 is 0 Å². The average molecular weight is 334 g/mol. The second-order valence-electron chi connectivity index (χ2n) is 7.75. The van der Waals surface area contributed by atoms with Gasteiger partial charge in [-0.05, 0) is 42.2 Å². The van der Waals surface area contributed by atoms with Crippen LogP contribution in [0.4, 0.5) is 4.79 Å². The number of urea groups is 1. The molecule has 2 amide bonds. The van der Waals surface area contributed by atoms with E-state index in [1.165, 1.54) is 5.56 Å². The zero-order chi connectivity index (χ0) is 17.7. The molecule has 1 atom stereocenters. The first-order valence-corrected chi connectivity index (χ1v) is 8.76. The highest BCUT2D eigenvalue weighted by Gasteiger charge is 2.21. The summed E-state index contributed by atoms with van der Waals surface area (Å²) in [5.74, 6) is 0. The molecule has 24 heavy (non-hydrogen) atoms. The van der Waals surface area contributed by atoms with Crippen molar-refractivity contribution in [3.63, 3.8) is 0 Å². The van der Waals surface area contributed by atoms with E-state index in [2.05, 4.69) is 31.4 Å². The molecule has 0 radical (unpaired) electrons. The molecule has 0 saturated heterocycles. The molecular formula is C19H30N2O3. The van der Waals surface area contributed by atoms with Gasteiger partial charge in [0, 0.05) is 12.6 Å². The quantitative estimate of drug-likeness (QED) is 0.683. The minimum absolute atomic E-state index is 0.0786. The first-order chi connectivity index (χ1) is 11.3. The Morgan fingerprint density at radius 3 is 2.29 bits per heavy atom. The van der Waals surface area contributed by atoms with Gasteiger partial charge in [0.2, 0.25) is 0 Å². The van der Waals surface area contributed by atoms with Gasteiger partial charge < -0.3 is 20.8 Å². The lowest BCUT2D eigenvalue weighted by molar-refractivity contribution is 0.117. The smallest absolute Gasteiger partial charge is 0.315 e. The summed E-state index contributed by atoms with van der Waals surface area (Å²) in [6, 6.07) is 7.71. The van der Waals surface area contributed by atoms with E-state index in [1.807, 2.05) is 24.3 Å². The number of hydrogen-bond acceptors (Lipinski definition) is 3.